The summed E-state index contributed by atoms with van der Waals surface area (Å²) in [6.07, 6.45) is 2.95. The van der Waals surface area contributed by atoms with E-state index in [0.29, 0.717) is 5.56 Å². The summed E-state index contributed by atoms with van der Waals surface area (Å²) in [5.41, 5.74) is 0.259. The fourth-order valence-corrected chi connectivity index (χ4v) is 1.59. The number of carbonyl (C=O) groups is 2. The Kier molecular flexibility index (Phi) is 3.23. The van der Waals surface area contributed by atoms with E-state index in [0.717, 1.165) is 4.68 Å². The van der Waals surface area contributed by atoms with Crippen molar-refractivity contribution in [3.05, 3.63) is 30.2 Å². The van der Waals surface area contributed by atoms with Crippen LogP contribution in [0.1, 0.15) is 23.5 Å². The van der Waals surface area contributed by atoms with E-state index in [1.807, 2.05) is 0 Å². The lowest BCUT2D eigenvalue weighted by molar-refractivity contribution is -0.140. The molecule has 0 bridgehead atoms. The van der Waals surface area contributed by atoms with Crippen molar-refractivity contribution in [2.75, 3.05) is 0 Å². The SMILES string of the molecule is CC(C(=O)O)n1nnc(C(=O)O)c1-c1cccnc1. The molecule has 0 spiro atoms. The van der Waals surface area contributed by atoms with Crippen LogP contribution in [0, 0.1) is 0 Å². The predicted octanol–water partition coefficient (Wildman–Crippen LogP) is 0.684. The molecule has 0 radical (unpaired) electrons. The highest BCUT2D eigenvalue weighted by atomic mass is 16.4. The Morgan fingerprint density at radius 1 is 1.37 bits per heavy atom. The van der Waals surface area contributed by atoms with Gasteiger partial charge in [0.1, 0.15) is 11.7 Å². The molecule has 2 rings (SSSR count). The Morgan fingerprint density at radius 3 is 2.63 bits per heavy atom. The van der Waals surface area contributed by atoms with E-state index >= 15 is 0 Å². The lowest BCUT2D eigenvalue weighted by atomic mass is 10.1. The lowest BCUT2D eigenvalue weighted by Gasteiger charge is -2.10. The highest BCUT2D eigenvalue weighted by Gasteiger charge is 2.26. The first-order valence-electron chi connectivity index (χ1n) is 5.34. The molecule has 2 aromatic rings. The van der Waals surface area contributed by atoms with Gasteiger partial charge < -0.3 is 10.2 Å². The molecule has 0 saturated carbocycles. The molecule has 0 aliphatic rings. The van der Waals surface area contributed by atoms with Crippen molar-refractivity contribution >= 4 is 11.9 Å². The van der Waals surface area contributed by atoms with Crippen molar-refractivity contribution in [1.29, 1.82) is 0 Å². The van der Waals surface area contributed by atoms with Crippen LogP contribution >= 0.6 is 0 Å². The van der Waals surface area contributed by atoms with Crippen LogP contribution in [-0.2, 0) is 4.79 Å². The van der Waals surface area contributed by atoms with Crippen LogP contribution in [0.15, 0.2) is 24.5 Å². The average molecular weight is 262 g/mol. The molecule has 1 atom stereocenters. The minimum absolute atomic E-state index is 0.121. The first-order valence-corrected chi connectivity index (χ1v) is 5.34. The van der Waals surface area contributed by atoms with Crippen LogP contribution in [0.4, 0.5) is 0 Å². The lowest BCUT2D eigenvalue weighted by Crippen LogP contribution is -2.18. The third-order valence-electron chi connectivity index (χ3n) is 2.56. The number of carboxylic acids is 2. The zero-order chi connectivity index (χ0) is 14.0. The molecular formula is C11H10N4O4. The largest absolute Gasteiger partial charge is 0.480 e. The van der Waals surface area contributed by atoms with E-state index in [-0.39, 0.29) is 11.4 Å². The highest BCUT2D eigenvalue weighted by molar-refractivity contribution is 5.92. The van der Waals surface area contributed by atoms with Gasteiger partial charge in [-0.25, -0.2) is 14.3 Å². The van der Waals surface area contributed by atoms with Gasteiger partial charge in [-0.15, -0.1) is 5.10 Å². The number of carboxylic acid groups (broad SMARTS) is 2. The summed E-state index contributed by atoms with van der Waals surface area (Å²) in [5.74, 6) is -2.41. The zero-order valence-electron chi connectivity index (χ0n) is 9.89. The second-order valence-electron chi connectivity index (χ2n) is 3.79. The highest BCUT2D eigenvalue weighted by Crippen LogP contribution is 2.24. The molecule has 1 unspecified atom stereocenters. The number of aliphatic carboxylic acids is 1. The van der Waals surface area contributed by atoms with Gasteiger partial charge in [-0.05, 0) is 19.1 Å². The monoisotopic (exact) mass is 262 g/mol. The van der Waals surface area contributed by atoms with E-state index in [2.05, 4.69) is 15.3 Å². The number of pyridine rings is 1. The van der Waals surface area contributed by atoms with Crippen molar-refractivity contribution in [2.24, 2.45) is 0 Å². The van der Waals surface area contributed by atoms with Crippen LogP contribution in [-0.4, -0.2) is 42.1 Å². The molecule has 98 valence electrons. The van der Waals surface area contributed by atoms with Gasteiger partial charge in [0.15, 0.2) is 5.69 Å². The van der Waals surface area contributed by atoms with Gasteiger partial charge in [-0.2, -0.15) is 0 Å². The molecule has 2 aromatic heterocycles. The van der Waals surface area contributed by atoms with E-state index in [1.54, 1.807) is 12.1 Å². The van der Waals surface area contributed by atoms with Gasteiger partial charge in [-0.1, -0.05) is 5.21 Å². The first kappa shape index (κ1) is 12.7. The summed E-state index contributed by atoms with van der Waals surface area (Å²) in [7, 11) is 0. The quantitative estimate of drug-likeness (QED) is 0.831. The average Bonchev–Trinajstić information content (AvgIpc) is 2.83. The van der Waals surface area contributed by atoms with Crippen LogP contribution in [0.5, 0.6) is 0 Å². The van der Waals surface area contributed by atoms with E-state index in [4.69, 9.17) is 10.2 Å². The molecule has 8 nitrogen and oxygen atoms in total. The van der Waals surface area contributed by atoms with Crippen LogP contribution in [0.2, 0.25) is 0 Å². The van der Waals surface area contributed by atoms with E-state index in [1.165, 1.54) is 19.3 Å². The van der Waals surface area contributed by atoms with Crippen molar-refractivity contribution in [1.82, 2.24) is 20.0 Å². The standard InChI is InChI=1S/C11H10N4O4/c1-6(10(16)17)15-9(7-3-2-4-12-5-7)8(11(18)19)13-14-15/h2-6H,1H3,(H,16,17)(H,18,19). The first-order chi connectivity index (χ1) is 9.02. The fourth-order valence-electron chi connectivity index (χ4n) is 1.59. The summed E-state index contributed by atoms with van der Waals surface area (Å²) in [4.78, 5) is 26.0. The van der Waals surface area contributed by atoms with Gasteiger partial charge in [-0.3, -0.25) is 4.98 Å². The molecule has 0 saturated heterocycles. The molecule has 0 aromatic carbocycles. The van der Waals surface area contributed by atoms with E-state index in [9.17, 15) is 9.59 Å². The normalized spacial score (nSPS) is 12.1. The third-order valence-corrected chi connectivity index (χ3v) is 2.56. The molecule has 2 N–H and O–H groups in total. The van der Waals surface area contributed by atoms with Crippen molar-refractivity contribution in [2.45, 2.75) is 13.0 Å². The molecule has 0 aliphatic carbocycles. The summed E-state index contributed by atoms with van der Waals surface area (Å²) in [6.45, 7) is 1.39. The van der Waals surface area contributed by atoms with Crippen molar-refractivity contribution in [3.8, 4) is 11.3 Å². The van der Waals surface area contributed by atoms with Gasteiger partial charge in [0.2, 0.25) is 0 Å². The second kappa shape index (κ2) is 4.84. The number of hydrogen-bond acceptors (Lipinski definition) is 5. The molecular weight excluding hydrogens is 252 g/mol. The van der Waals surface area contributed by atoms with Crippen molar-refractivity contribution < 1.29 is 19.8 Å². The number of aromatic carboxylic acids is 1. The minimum atomic E-state index is -1.28. The number of hydrogen-bond donors (Lipinski definition) is 2. The van der Waals surface area contributed by atoms with Crippen LogP contribution in [0.25, 0.3) is 11.3 Å². The number of nitrogens with zero attached hydrogens (tertiary/aromatic N) is 4. The smallest absolute Gasteiger partial charge is 0.358 e. The maximum Gasteiger partial charge on any atom is 0.358 e. The predicted molar refractivity (Wildman–Crippen MR) is 62.6 cm³/mol. The molecule has 0 amide bonds. The molecule has 8 heteroatoms. The van der Waals surface area contributed by atoms with Crippen LogP contribution in [0.3, 0.4) is 0 Å². The Morgan fingerprint density at radius 2 is 2.11 bits per heavy atom. The number of aromatic nitrogens is 4. The third kappa shape index (κ3) is 2.28. The second-order valence-corrected chi connectivity index (χ2v) is 3.79. The summed E-state index contributed by atoms with van der Waals surface area (Å²) >= 11 is 0. The number of rotatable bonds is 4. The van der Waals surface area contributed by atoms with Gasteiger partial charge >= 0.3 is 11.9 Å². The summed E-state index contributed by atoms with van der Waals surface area (Å²) < 4.78 is 1.06. The summed E-state index contributed by atoms with van der Waals surface area (Å²) in [6, 6.07) is 2.20. The Bertz CT molecular complexity index is 623. The Hall–Kier alpha value is -2.77. The summed E-state index contributed by atoms with van der Waals surface area (Å²) in [5, 5.41) is 25.2. The van der Waals surface area contributed by atoms with Crippen LogP contribution < -0.4 is 0 Å². The molecule has 2 heterocycles. The zero-order valence-corrected chi connectivity index (χ0v) is 9.89. The molecule has 0 aliphatic heterocycles. The van der Waals surface area contributed by atoms with Crippen molar-refractivity contribution in [3.63, 3.8) is 0 Å². The molecule has 19 heavy (non-hydrogen) atoms. The van der Waals surface area contributed by atoms with Gasteiger partial charge in [0.25, 0.3) is 0 Å². The Balaban J connectivity index is 2.64. The maximum absolute atomic E-state index is 11.1. The topological polar surface area (TPSA) is 118 Å². The Labute approximate surface area is 107 Å². The maximum atomic E-state index is 11.1. The van der Waals surface area contributed by atoms with Gasteiger partial charge in [0, 0.05) is 18.0 Å². The van der Waals surface area contributed by atoms with Gasteiger partial charge in [0.05, 0.1) is 0 Å². The molecule has 0 fully saturated rings. The minimum Gasteiger partial charge on any atom is -0.480 e. The fraction of sp³-hybridized carbons (Fsp3) is 0.182. The van der Waals surface area contributed by atoms with E-state index < -0.39 is 18.0 Å².